The largest absolute Gasteiger partial charge is 0.325 e. The van der Waals surface area contributed by atoms with E-state index in [1.54, 1.807) is 0 Å². The van der Waals surface area contributed by atoms with Gasteiger partial charge in [0.2, 0.25) is 5.91 Å². The van der Waals surface area contributed by atoms with E-state index in [4.69, 9.17) is 0 Å². The van der Waals surface area contributed by atoms with Crippen LogP contribution < -0.4 is 5.32 Å². The molecule has 0 radical (unpaired) electrons. The number of amides is 1. The topological polar surface area (TPSA) is 29.1 Å². The van der Waals surface area contributed by atoms with Crippen molar-refractivity contribution < 1.29 is 4.79 Å². The van der Waals surface area contributed by atoms with Crippen LogP contribution in [-0.4, -0.2) is 24.4 Å². The summed E-state index contributed by atoms with van der Waals surface area (Å²) >= 11 is 0. The maximum absolute atomic E-state index is 12.7. The summed E-state index contributed by atoms with van der Waals surface area (Å²) in [7, 11) is -0.358. The zero-order valence-electron chi connectivity index (χ0n) is 12.9. The van der Waals surface area contributed by atoms with E-state index >= 15 is 0 Å². The second-order valence-corrected chi connectivity index (χ2v) is 9.50. The summed E-state index contributed by atoms with van der Waals surface area (Å²) in [5, 5.41) is 2.78. The number of carbonyl (C=O) groups excluding carboxylic acids is 1. The summed E-state index contributed by atoms with van der Waals surface area (Å²) < 4.78 is 0. The molecular formula is C16H26NOP. The average molecular weight is 279 g/mol. The molecule has 0 saturated heterocycles. The van der Waals surface area contributed by atoms with Gasteiger partial charge in [-0.3, -0.25) is 4.79 Å². The Labute approximate surface area is 118 Å². The third-order valence-electron chi connectivity index (χ3n) is 3.38. The summed E-state index contributed by atoms with van der Waals surface area (Å²) in [6.07, 6.45) is 0.900. The zero-order valence-corrected chi connectivity index (χ0v) is 13.8. The van der Waals surface area contributed by atoms with Crippen molar-refractivity contribution >= 4 is 19.5 Å². The number of nitrogens with one attached hydrogen (secondary N) is 1. The van der Waals surface area contributed by atoms with Crippen molar-refractivity contribution in [3.63, 3.8) is 0 Å². The van der Waals surface area contributed by atoms with Crippen LogP contribution >= 0.6 is 7.92 Å². The predicted octanol–water partition coefficient (Wildman–Crippen LogP) is 4.56. The number of carbonyl (C=O) groups is 1. The standard InChI is InChI=1S/C16H26NOP/c1-15(2,3)12-16(4,19(5)6)14(18)17-13-10-8-7-9-11-13/h7-11H,12H2,1-6H3,(H,17,18). The number of hydrogen-bond acceptors (Lipinski definition) is 1. The van der Waals surface area contributed by atoms with Crippen molar-refractivity contribution in [3.8, 4) is 0 Å². The van der Waals surface area contributed by atoms with Crippen LogP contribution in [0.3, 0.4) is 0 Å². The van der Waals surface area contributed by atoms with Crippen molar-refractivity contribution in [3.05, 3.63) is 30.3 Å². The Hall–Kier alpha value is -0.880. The van der Waals surface area contributed by atoms with Gasteiger partial charge in [0.15, 0.2) is 0 Å². The van der Waals surface area contributed by atoms with Gasteiger partial charge in [-0.2, -0.15) is 0 Å². The molecule has 1 aromatic rings. The lowest BCUT2D eigenvalue weighted by atomic mass is 9.84. The molecule has 0 aromatic heterocycles. The molecule has 106 valence electrons. The molecule has 2 nitrogen and oxygen atoms in total. The third-order valence-corrected chi connectivity index (χ3v) is 5.72. The van der Waals surface area contributed by atoms with E-state index in [0.29, 0.717) is 0 Å². The van der Waals surface area contributed by atoms with Crippen molar-refractivity contribution in [1.29, 1.82) is 0 Å². The quantitative estimate of drug-likeness (QED) is 0.804. The number of benzene rings is 1. The second-order valence-electron chi connectivity index (χ2n) is 6.73. The summed E-state index contributed by atoms with van der Waals surface area (Å²) in [6.45, 7) is 13.1. The highest BCUT2D eigenvalue weighted by Crippen LogP contribution is 2.49. The van der Waals surface area contributed by atoms with Crippen molar-refractivity contribution in [2.75, 3.05) is 18.6 Å². The van der Waals surface area contributed by atoms with Gasteiger partial charge in [-0.15, -0.1) is 0 Å². The highest BCUT2D eigenvalue weighted by atomic mass is 31.1. The number of rotatable bonds is 4. The Bertz CT molecular complexity index is 422. The van der Waals surface area contributed by atoms with Crippen LogP contribution in [0.1, 0.15) is 34.1 Å². The molecule has 0 saturated carbocycles. The predicted molar refractivity (Wildman–Crippen MR) is 86.3 cm³/mol. The van der Waals surface area contributed by atoms with Crippen LogP contribution in [0.25, 0.3) is 0 Å². The summed E-state index contributed by atoms with van der Waals surface area (Å²) in [6, 6.07) is 9.71. The maximum Gasteiger partial charge on any atom is 0.234 e. The fourth-order valence-electron chi connectivity index (χ4n) is 2.26. The summed E-state index contributed by atoms with van der Waals surface area (Å²) in [5.74, 6) is 0.143. The summed E-state index contributed by atoms with van der Waals surface area (Å²) in [4.78, 5) is 12.7. The van der Waals surface area contributed by atoms with Crippen LogP contribution in [0.15, 0.2) is 30.3 Å². The molecule has 0 aliphatic rings. The molecule has 1 N–H and O–H groups in total. The fraction of sp³-hybridized carbons (Fsp3) is 0.562. The normalized spacial score (nSPS) is 15.1. The Morgan fingerprint density at radius 3 is 2.05 bits per heavy atom. The smallest absolute Gasteiger partial charge is 0.234 e. The van der Waals surface area contributed by atoms with E-state index in [-0.39, 0.29) is 24.4 Å². The average Bonchev–Trinajstić information content (AvgIpc) is 2.27. The lowest BCUT2D eigenvalue weighted by Gasteiger charge is -2.37. The molecular weight excluding hydrogens is 253 g/mol. The fourth-order valence-corrected chi connectivity index (χ4v) is 3.51. The molecule has 1 unspecified atom stereocenters. The van der Waals surface area contributed by atoms with Gasteiger partial charge in [-0.05, 0) is 44.2 Å². The lowest BCUT2D eigenvalue weighted by molar-refractivity contribution is -0.118. The Balaban J connectivity index is 2.90. The van der Waals surface area contributed by atoms with Gasteiger partial charge in [0.1, 0.15) is 0 Å². The van der Waals surface area contributed by atoms with E-state index < -0.39 is 0 Å². The van der Waals surface area contributed by atoms with Crippen molar-refractivity contribution in [2.24, 2.45) is 5.41 Å². The van der Waals surface area contributed by atoms with Crippen molar-refractivity contribution in [1.82, 2.24) is 0 Å². The monoisotopic (exact) mass is 279 g/mol. The van der Waals surface area contributed by atoms with Crippen LogP contribution in [-0.2, 0) is 4.79 Å². The van der Waals surface area contributed by atoms with Gasteiger partial charge >= 0.3 is 0 Å². The first kappa shape index (κ1) is 16.2. The molecule has 19 heavy (non-hydrogen) atoms. The lowest BCUT2D eigenvalue weighted by Crippen LogP contribution is -2.41. The summed E-state index contributed by atoms with van der Waals surface area (Å²) in [5.41, 5.74) is 1.03. The SMILES string of the molecule is CP(C)C(C)(CC(C)(C)C)C(=O)Nc1ccccc1. The van der Waals surface area contributed by atoms with E-state index in [0.717, 1.165) is 12.1 Å². The van der Waals surface area contributed by atoms with Crippen LogP contribution in [0, 0.1) is 5.41 Å². The van der Waals surface area contributed by atoms with E-state index in [2.05, 4.69) is 46.3 Å². The highest BCUT2D eigenvalue weighted by molar-refractivity contribution is 7.58. The maximum atomic E-state index is 12.7. The van der Waals surface area contributed by atoms with Gasteiger partial charge in [0, 0.05) is 5.69 Å². The third kappa shape index (κ3) is 4.62. The molecule has 1 aromatic carbocycles. The first-order chi connectivity index (χ1) is 8.65. The van der Waals surface area contributed by atoms with Crippen molar-refractivity contribution in [2.45, 2.75) is 39.3 Å². The van der Waals surface area contributed by atoms with Gasteiger partial charge in [-0.25, -0.2) is 0 Å². The van der Waals surface area contributed by atoms with Gasteiger partial charge < -0.3 is 5.32 Å². The Kier molecular flexibility index (Phi) is 5.15. The molecule has 0 bridgehead atoms. The van der Waals surface area contributed by atoms with E-state index in [9.17, 15) is 4.79 Å². The minimum Gasteiger partial charge on any atom is -0.325 e. The first-order valence-corrected chi connectivity index (χ1v) is 8.93. The highest BCUT2D eigenvalue weighted by Gasteiger charge is 2.39. The van der Waals surface area contributed by atoms with Gasteiger partial charge in [0.05, 0.1) is 5.16 Å². The number of para-hydroxylation sites is 1. The van der Waals surface area contributed by atoms with E-state index in [1.807, 2.05) is 30.3 Å². The minimum absolute atomic E-state index is 0.143. The molecule has 0 aliphatic heterocycles. The molecule has 1 atom stereocenters. The Morgan fingerprint density at radius 2 is 1.63 bits per heavy atom. The molecule has 3 heteroatoms. The molecule has 0 heterocycles. The van der Waals surface area contributed by atoms with Crippen LogP contribution in [0.5, 0.6) is 0 Å². The van der Waals surface area contributed by atoms with E-state index in [1.165, 1.54) is 0 Å². The molecule has 0 fully saturated rings. The molecule has 1 rings (SSSR count). The molecule has 0 aliphatic carbocycles. The molecule has 0 spiro atoms. The second kappa shape index (κ2) is 6.05. The first-order valence-electron chi connectivity index (χ1n) is 6.69. The zero-order chi connectivity index (χ0) is 14.7. The Morgan fingerprint density at radius 1 is 1.11 bits per heavy atom. The van der Waals surface area contributed by atoms with Crippen LogP contribution in [0.4, 0.5) is 5.69 Å². The molecule has 1 amide bonds. The van der Waals surface area contributed by atoms with Crippen LogP contribution in [0.2, 0.25) is 0 Å². The minimum atomic E-state index is -0.358. The van der Waals surface area contributed by atoms with Gasteiger partial charge in [0.25, 0.3) is 0 Å². The van der Waals surface area contributed by atoms with Gasteiger partial charge in [-0.1, -0.05) is 46.9 Å². The number of anilines is 1. The number of hydrogen-bond donors (Lipinski definition) is 1.